The lowest BCUT2D eigenvalue weighted by molar-refractivity contribution is 0.134. The van der Waals surface area contributed by atoms with Crippen molar-refractivity contribution in [1.82, 2.24) is 14.5 Å². The first-order chi connectivity index (χ1) is 9.67. The molecule has 0 saturated carbocycles. The van der Waals surface area contributed by atoms with Crippen molar-refractivity contribution in [1.29, 1.82) is 0 Å². The SMILES string of the molecule is CC1CC(C)CN(Cc2cccn3ncc(CO)c23)C1. The van der Waals surface area contributed by atoms with Gasteiger partial charge in [-0.15, -0.1) is 0 Å². The van der Waals surface area contributed by atoms with Crippen LogP contribution in [0, 0.1) is 11.8 Å². The first-order valence-corrected chi connectivity index (χ1v) is 7.44. The maximum atomic E-state index is 9.47. The third-order valence-corrected chi connectivity index (χ3v) is 4.21. The molecular formula is C16H23N3O. The number of aliphatic hydroxyl groups is 1. The highest BCUT2D eigenvalue weighted by Gasteiger charge is 2.22. The summed E-state index contributed by atoms with van der Waals surface area (Å²) in [5, 5.41) is 13.8. The molecule has 0 spiro atoms. The number of pyridine rings is 1. The van der Waals surface area contributed by atoms with E-state index in [9.17, 15) is 5.11 Å². The molecule has 2 aromatic rings. The molecule has 1 saturated heterocycles. The molecule has 0 bridgehead atoms. The Bertz CT molecular complexity index is 582. The third-order valence-electron chi connectivity index (χ3n) is 4.21. The van der Waals surface area contributed by atoms with Crippen molar-refractivity contribution < 1.29 is 5.11 Å². The molecule has 0 amide bonds. The van der Waals surface area contributed by atoms with Gasteiger partial charge in [-0.2, -0.15) is 5.10 Å². The summed E-state index contributed by atoms with van der Waals surface area (Å²) >= 11 is 0. The van der Waals surface area contributed by atoms with E-state index in [0.717, 1.165) is 42.6 Å². The molecule has 1 fully saturated rings. The molecule has 0 aliphatic carbocycles. The van der Waals surface area contributed by atoms with Gasteiger partial charge in [-0.25, -0.2) is 4.52 Å². The highest BCUT2D eigenvalue weighted by Crippen LogP contribution is 2.24. The molecule has 1 aliphatic heterocycles. The second-order valence-corrected chi connectivity index (χ2v) is 6.29. The molecule has 2 unspecified atom stereocenters. The summed E-state index contributed by atoms with van der Waals surface area (Å²) < 4.78 is 1.87. The predicted molar refractivity (Wildman–Crippen MR) is 79.3 cm³/mol. The minimum absolute atomic E-state index is 0.0489. The van der Waals surface area contributed by atoms with Gasteiger partial charge < -0.3 is 5.11 Å². The second-order valence-electron chi connectivity index (χ2n) is 6.29. The largest absolute Gasteiger partial charge is 0.392 e. The molecule has 3 heterocycles. The van der Waals surface area contributed by atoms with Crippen molar-refractivity contribution in [3.05, 3.63) is 35.7 Å². The predicted octanol–water partition coefficient (Wildman–Crippen LogP) is 2.30. The fourth-order valence-electron chi connectivity index (χ4n) is 3.59. The second kappa shape index (κ2) is 5.54. The molecule has 3 rings (SSSR count). The van der Waals surface area contributed by atoms with Gasteiger partial charge in [0, 0.05) is 31.4 Å². The van der Waals surface area contributed by atoms with Crippen molar-refractivity contribution in [2.75, 3.05) is 13.1 Å². The molecule has 4 nitrogen and oxygen atoms in total. The van der Waals surface area contributed by atoms with E-state index in [1.807, 2.05) is 16.8 Å². The van der Waals surface area contributed by atoms with Crippen molar-refractivity contribution in [3.63, 3.8) is 0 Å². The van der Waals surface area contributed by atoms with Gasteiger partial charge >= 0.3 is 0 Å². The number of fused-ring (bicyclic) bond motifs is 1. The number of aliphatic hydroxyl groups excluding tert-OH is 1. The van der Waals surface area contributed by atoms with E-state index in [1.54, 1.807) is 6.20 Å². The number of aromatic nitrogens is 2. The fraction of sp³-hybridized carbons (Fsp3) is 0.562. The first-order valence-electron chi connectivity index (χ1n) is 7.44. The van der Waals surface area contributed by atoms with E-state index in [2.05, 4.69) is 29.9 Å². The highest BCUT2D eigenvalue weighted by molar-refractivity contribution is 5.60. The Morgan fingerprint density at radius 1 is 1.25 bits per heavy atom. The summed E-state index contributed by atoms with van der Waals surface area (Å²) in [7, 11) is 0. The van der Waals surface area contributed by atoms with E-state index in [4.69, 9.17) is 0 Å². The van der Waals surface area contributed by atoms with Gasteiger partial charge in [-0.1, -0.05) is 19.9 Å². The van der Waals surface area contributed by atoms with E-state index in [0.29, 0.717) is 0 Å². The quantitative estimate of drug-likeness (QED) is 0.933. The summed E-state index contributed by atoms with van der Waals surface area (Å²) in [6, 6.07) is 4.19. The Balaban J connectivity index is 1.88. The molecule has 20 heavy (non-hydrogen) atoms. The van der Waals surface area contributed by atoms with Crippen LogP contribution in [0.4, 0.5) is 0 Å². The molecule has 2 atom stereocenters. The number of nitrogens with zero attached hydrogens (tertiary/aromatic N) is 3. The van der Waals surface area contributed by atoms with Crippen LogP contribution in [0.25, 0.3) is 5.52 Å². The van der Waals surface area contributed by atoms with Gasteiger partial charge in [0.25, 0.3) is 0 Å². The highest BCUT2D eigenvalue weighted by atomic mass is 16.3. The summed E-state index contributed by atoms with van der Waals surface area (Å²) in [4.78, 5) is 2.53. The van der Waals surface area contributed by atoms with E-state index >= 15 is 0 Å². The monoisotopic (exact) mass is 273 g/mol. The molecule has 108 valence electrons. The van der Waals surface area contributed by atoms with Gasteiger partial charge in [0.15, 0.2) is 0 Å². The molecule has 2 aromatic heterocycles. The average Bonchev–Trinajstić information content (AvgIpc) is 2.81. The maximum Gasteiger partial charge on any atom is 0.0761 e. The lowest BCUT2D eigenvalue weighted by Gasteiger charge is -2.35. The van der Waals surface area contributed by atoms with Gasteiger partial charge in [-0.05, 0) is 29.9 Å². The van der Waals surface area contributed by atoms with Crippen molar-refractivity contribution in [3.8, 4) is 0 Å². The Morgan fingerprint density at radius 3 is 2.70 bits per heavy atom. The van der Waals surface area contributed by atoms with E-state index in [-0.39, 0.29) is 6.61 Å². The van der Waals surface area contributed by atoms with Crippen LogP contribution in [-0.4, -0.2) is 32.7 Å². The summed E-state index contributed by atoms with van der Waals surface area (Å²) in [5.41, 5.74) is 3.25. The number of hydrogen-bond donors (Lipinski definition) is 1. The fourth-order valence-corrected chi connectivity index (χ4v) is 3.59. The lowest BCUT2D eigenvalue weighted by Crippen LogP contribution is -2.38. The Kier molecular flexibility index (Phi) is 3.76. The van der Waals surface area contributed by atoms with Crippen molar-refractivity contribution in [2.45, 2.75) is 33.4 Å². The van der Waals surface area contributed by atoms with Crippen LogP contribution in [0.1, 0.15) is 31.4 Å². The minimum Gasteiger partial charge on any atom is -0.392 e. The maximum absolute atomic E-state index is 9.47. The van der Waals surface area contributed by atoms with Gasteiger partial charge in [0.2, 0.25) is 0 Å². The van der Waals surface area contributed by atoms with Crippen LogP contribution in [-0.2, 0) is 13.2 Å². The summed E-state index contributed by atoms with van der Waals surface area (Å²) in [5.74, 6) is 1.53. The zero-order valence-corrected chi connectivity index (χ0v) is 12.3. The molecule has 1 aliphatic rings. The Morgan fingerprint density at radius 2 is 2.00 bits per heavy atom. The van der Waals surface area contributed by atoms with Gasteiger partial charge in [-0.3, -0.25) is 4.90 Å². The normalized spacial score (nSPS) is 24.4. The average molecular weight is 273 g/mol. The van der Waals surface area contributed by atoms with E-state index in [1.165, 1.54) is 12.0 Å². The molecular weight excluding hydrogens is 250 g/mol. The van der Waals surface area contributed by atoms with Crippen LogP contribution in [0.2, 0.25) is 0 Å². The number of piperidine rings is 1. The van der Waals surface area contributed by atoms with Crippen LogP contribution < -0.4 is 0 Å². The van der Waals surface area contributed by atoms with Crippen LogP contribution in [0.3, 0.4) is 0 Å². The number of rotatable bonds is 3. The molecule has 0 radical (unpaired) electrons. The number of likely N-dealkylation sites (tertiary alicyclic amines) is 1. The van der Waals surface area contributed by atoms with Crippen LogP contribution >= 0.6 is 0 Å². The van der Waals surface area contributed by atoms with Crippen LogP contribution in [0.5, 0.6) is 0 Å². The van der Waals surface area contributed by atoms with Crippen LogP contribution in [0.15, 0.2) is 24.5 Å². The summed E-state index contributed by atoms with van der Waals surface area (Å²) in [6.45, 7) is 7.98. The van der Waals surface area contributed by atoms with Gasteiger partial charge in [0.1, 0.15) is 0 Å². The zero-order chi connectivity index (χ0) is 14.1. The topological polar surface area (TPSA) is 40.8 Å². The van der Waals surface area contributed by atoms with E-state index < -0.39 is 0 Å². The molecule has 1 N–H and O–H groups in total. The standard InChI is InChI=1S/C16H23N3O/c1-12-6-13(2)9-18(8-12)10-14-4-3-5-19-16(14)15(11-20)7-17-19/h3-5,7,12-13,20H,6,8-11H2,1-2H3. The minimum atomic E-state index is 0.0489. The van der Waals surface area contributed by atoms with Gasteiger partial charge in [0.05, 0.1) is 18.3 Å². The van der Waals surface area contributed by atoms with Crippen molar-refractivity contribution in [2.24, 2.45) is 11.8 Å². The number of hydrogen-bond acceptors (Lipinski definition) is 3. The zero-order valence-electron chi connectivity index (χ0n) is 12.3. The first kappa shape index (κ1) is 13.6. The smallest absolute Gasteiger partial charge is 0.0761 e. The summed E-state index contributed by atoms with van der Waals surface area (Å²) in [6.07, 6.45) is 5.04. The third kappa shape index (κ3) is 2.58. The molecule has 4 heteroatoms. The lowest BCUT2D eigenvalue weighted by atomic mass is 9.91. The molecule has 0 aromatic carbocycles. The Labute approximate surface area is 120 Å². The van der Waals surface area contributed by atoms with Crippen molar-refractivity contribution >= 4 is 5.52 Å². The Hall–Kier alpha value is -1.39.